The molecule has 0 bridgehead atoms. The molecule has 1 aliphatic heterocycles. The van der Waals surface area contributed by atoms with Crippen molar-refractivity contribution < 1.29 is 4.42 Å². The lowest BCUT2D eigenvalue weighted by atomic mass is 9.94. The normalized spacial score (nSPS) is 20.1. The van der Waals surface area contributed by atoms with Gasteiger partial charge in [0.05, 0.1) is 18.5 Å². The zero-order chi connectivity index (χ0) is 13.9. The average Bonchev–Trinajstić information content (AvgIpc) is 2.91. The second-order valence-corrected chi connectivity index (χ2v) is 5.41. The van der Waals surface area contributed by atoms with Crippen molar-refractivity contribution in [2.45, 2.75) is 32.2 Å². The van der Waals surface area contributed by atoms with Crippen LogP contribution in [0, 0.1) is 6.92 Å². The van der Waals surface area contributed by atoms with Crippen molar-refractivity contribution in [1.29, 1.82) is 0 Å². The molecule has 0 unspecified atom stereocenters. The Bertz CT molecular complexity index is 618. The van der Waals surface area contributed by atoms with Gasteiger partial charge in [-0.2, -0.15) is 0 Å². The van der Waals surface area contributed by atoms with E-state index in [0.29, 0.717) is 11.7 Å². The van der Waals surface area contributed by atoms with E-state index < -0.39 is 0 Å². The van der Waals surface area contributed by atoms with E-state index in [9.17, 15) is 4.79 Å². The van der Waals surface area contributed by atoms with Crippen molar-refractivity contribution >= 4 is 0 Å². The number of likely N-dealkylation sites (tertiary alicyclic amines) is 1. The molecule has 106 valence electrons. The van der Waals surface area contributed by atoms with Crippen LogP contribution in [0.25, 0.3) is 0 Å². The number of rotatable bonds is 3. The fourth-order valence-electron chi connectivity index (χ4n) is 2.88. The Morgan fingerprint density at radius 3 is 3.20 bits per heavy atom. The van der Waals surface area contributed by atoms with E-state index in [1.165, 1.54) is 0 Å². The van der Waals surface area contributed by atoms with Crippen LogP contribution in [0.2, 0.25) is 0 Å². The lowest BCUT2D eigenvalue weighted by Gasteiger charge is -2.31. The second kappa shape index (κ2) is 5.63. The lowest BCUT2D eigenvalue weighted by Crippen LogP contribution is -2.34. The third-order valence-corrected chi connectivity index (χ3v) is 3.76. The van der Waals surface area contributed by atoms with Crippen LogP contribution < -0.4 is 5.56 Å². The highest BCUT2D eigenvalue weighted by Gasteiger charge is 2.23. The van der Waals surface area contributed by atoms with Gasteiger partial charge in [0.1, 0.15) is 11.6 Å². The SMILES string of the molecule is Cc1nc([C@@H]2CCCN(Cc3ccco3)C2)cc(=O)[nH]1. The quantitative estimate of drug-likeness (QED) is 0.929. The number of hydrogen-bond acceptors (Lipinski definition) is 4. The van der Waals surface area contributed by atoms with Crippen LogP contribution in [0.4, 0.5) is 0 Å². The van der Waals surface area contributed by atoms with E-state index in [1.807, 2.05) is 19.1 Å². The first kappa shape index (κ1) is 13.1. The smallest absolute Gasteiger partial charge is 0.251 e. The van der Waals surface area contributed by atoms with Gasteiger partial charge in [0.25, 0.3) is 5.56 Å². The number of piperidine rings is 1. The minimum Gasteiger partial charge on any atom is -0.468 e. The Morgan fingerprint density at radius 1 is 1.55 bits per heavy atom. The molecule has 2 aromatic heterocycles. The molecular weight excluding hydrogens is 254 g/mol. The highest BCUT2D eigenvalue weighted by Crippen LogP contribution is 2.25. The standard InChI is InChI=1S/C15H19N3O2/c1-11-16-14(8-15(19)17-11)12-4-2-6-18(9-12)10-13-5-3-7-20-13/h3,5,7-8,12H,2,4,6,9-10H2,1H3,(H,16,17,19)/t12-/m1/s1. The summed E-state index contributed by atoms with van der Waals surface area (Å²) in [5.41, 5.74) is 0.853. The molecule has 3 rings (SSSR count). The van der Waals surface area contributed by atoms with Crippen LogP contribution in [0.5, 0.6) is 0 Å². The van der Waals surface area contributed by atoms with Crippen molar-refractivity contribution in [2.75, 3.05) is 13.1 Å². The van der Waals surface area contributed by atoms with Gasteiger partial charge in [0, 0.05) is 18.5 Å². The maximum absolute atomic E-state index is 11.6. The van der Waals surface area contributed by atoms with Crippen molar-refractivity contribution in [2.24, 2.45) is 0 Å². The number of aryl methyl sites for hydroxylation is 1. The van der Waals surface area contributed by atoms with Crippen LogP contribution >= 0.6 is 0 Å². The summed E-state index contributed by atoms with van der Waals surface area (Å²) in [7, 11) is 0. The molecule has 3 heterocycles. The summed E-state index contributed by atoms with van der Waals surface area (Å²) in [4.78, 5) is 21.1. The first-order valence-corrected chi connectivity index (χ1v) is 7.03. The number of H-pyrrole nitrogens is 1. The third-order valence-electron chi connectivity index (χ3n) is 3.76. The van der Waals surface area contributed by atoms with Crippen LogP contribution in [-0.4, -0.2) is 28.0 Å². The van der Waals surface area contributed by atoms with Crippen molar-refractivity contribution in [1.82, 2.24) is 14.9 Å². The van der Waals surface area contributed by atoms with Crippen LogP contribution in [0.3, 0.4) is 0 Å². The molecule has 0 amide bonds. The summed E-state index contributed by atoms with van der Waals surface area (Å²) in [6.45, 7) is 4.65. The summed E-state index contributed by atoms with van der Waals surface area (Å²) in [6, 6.07) is 5.55. The molecule has 5 heteroatoms. The summed E-state index contributed by atoms with van der Waals surface area (Å²) < 4.78 is 5.40. The van der Waals surface area contributed by atoms with Crippen molar-refractivity contribution in [3.8, 4) is 0 Å². The zero-order valence-electron chi connectivity index (χ0n) is 11.6. The Hall–Kier alpha value is -1.88. The molecule has 1 aliphatic rings. The van der Waals surface area contributed by atoms with Crippen LogP contribution in [-0.2, 0) is 6.54 Å². The molecule has 0 aromatic carbocycles. The Morgan fingerprint density at radius 2 is 2.45 bits per heavy atom. The average molecular weight is 273 g/mol. The molecule has 2 aromatic rings. The molecule has 1 fully saturated rings. The van der Waals surface area contributed by atoms with Gasteiger partial charge in [0.15, 0.2) is 0 Å². The van der Waals surface area contributed by atoms with Crippen LogP contribution in [0.1, 0.15) is 36.0 Å². The molecule has 0 radical (unpaired) electrons. The van der Waals surface area contributed by atoms with E-state index in [0.717, 1.165) is 43.9 Å². The Kier molecular flexibility index (Phi) is 3.69. The predicted molar refractivity (Wildman–Crippen MR) is 75.6 cm³/mol. The molecule has 5 nitrogen and oxygen atoms in total. The molecule has 1 saturated heterocycles. The molecular formula is C15H19N3O2. The summed E-state index contributed by atoms with van der Waals surface area (Å²) >= 11 is 0. The third kappa shape index (κ3) is 2.99. The number of nitrogens with one attached hydrogen (secondary N) is 1. The van der Waals surface area contributed by atoms with Gasteiger partial charge in [-0.25, -0.2) is 4.98 Å². The number of aromatic amines is 1. The van der Waals surface area contributed by atoms with Gasteiger partial charge in [0.2, 0.25) is 0 Å². The van der Waals surface area contributed by atoms with Crippen molar-refractivity contribution in [3.05, 3.63) is 52.1 Å². The first-order chi connectivity index (χ1) is 9.70. The van der Waals surface area contributed by atoms with Gasteiger partial charge in [-0.1, -0.05) is 0 Å². The predicted octanol–water partition coefficient (Wildman–Crippen LogP) is 2.05. The fourth-order valence-corrected chi connectivity index (χ4v) is 2.88. The summed E-state index contributed by atoms with van der Waals surface area (Å²) in [5.74, 6) is 2.01. The summed E-state index contributed by atoms with van der Waals surface area (Å²) in [6.07, 6.45) is 3.92. The molecule has 0 spiro atoms. The fraction of sp³-hybridized carbons (Fsp3) is 0.467. The molecule has 1 atom stereocenters. The second-order valence-electron chi connectivity index (χ2n) is 5.41. The topological polar surface area (TPSA) is 62.1 Å². The Balaban J connectivity index is 1.72. The first-order valence-electron chi connectivity index (χ1n) is 7.03. The van der Waals surface area contributed by atoms with Gasteiger partial charge >= 0.3 is 0 Å². The van der Waals surface area contributed by atoms with E-state index in [1.54, 1.807) is 12.3 Å². The maximum atomic E-state index is 11.6. The number of furan rings is 1. The number of hydrogen-bond donors (Lipinski definition) is 1. The molecule has 0 aliphatic carbocycles. The zero-order valence-corrected chi connectivity index (χ0v) is 11.6. The minimum absolute atomic E-state index is 0.0596. The van der Waals surface area contributed by atoms with Gasteiger partial charge in [-0.3, -0.25) is 9.69 Å². The van der Waals surface area contributed by atoms with Gasteiger partial charge in [-0.05, 0) is 38.4 Å². The number of nitrogens with zero attached hydrogens (tertiary/aromatic N) is 2. The van der Waals surface area contributed by atoms with E-state index >= 15 is 0 Å². The Labute approximate surface area is 117 Å². The lowest BCUT2D eigenvalue weighted by molar-refractivity contribution is 0.185. The maximum Gasteiger partial charge on any atom is 0.251 e. The van der Waals surface area contributed by atoms with E-state index in [-0.39, 0.29) is 5.56 Å². The van der Waals surface area contributed by atoms with Gasteiger partial charge in [-0.15, -0.1) is 0 Å². The molecule has 20 heavy (non-hydrogen) atoms. The molecule has 1 N–H and O–H groups in total. The largest absolute Gasteiger partial charge is 0.468 e. The van der Waals surface area contributed by atoms with E-state index in [4.69, 9.17) is 4.42 Å². The van der Waals surface area contributed by atoms with Gasteiger partial charge < -0.3 is 9.40 Å². The van der Waals surface area contributed by atoms with Crippen LogP contribution in [0.15, 0.2) is 33.7 Å². The molecule has 0 saturated carbocycles. The number of aromatic nitrogens is 2. The van der Waals surface area contributed by atoms with Crippen molar-refractivity contribution in [3.63, 3.8) is 0 Å². The monoisotopic (exact) mass is 273 g/mol. The highest BCUT2D eigenvalue weighted by molar-refractivity contribution is 5.10. The highest BCUT2D eigenvalue weighted by atomic mass is 16.3. The summed E-state index contributed by atoms with van der Waals surface area (Å²) in [5, 5.41) is 0. The van der Waals surface area contributed by atoms with E-state index in [2.05, 4.69) is 14.9 Å². The minimum atomic E-state index is -0.0596.